The van der Waals surface area contributed by atoms with E-state index >= 15 is 0 Å². The van der Waals surface area contributed by atoms with E-state index in [1.54, 1.807) is 7.11 Å². The summed E-state index contributed by atoms with van der Waals surface area (Å²) in [5, 5.41) is 0. The Kier molecular flexibility index (Phi) is 3.29. The average Bonchev–Trinajstić information content (AvgIpc) is 2.75. The van der Waals surface area contributed by atoms with Gasteiger partial charge >= 0.3 is 0 Å². The highest BCUT2D eigenvalue weighted by molar-refractivity contribution is 9.10. The van der Waals surface area contributed by atoms with Crippen LogP contribution >= 0.6 is 15.9 Å². The summed E-state index contributed by atoms with van der Waals surface area (Å²) in [6, 6.07) is 3.95. The maximum atomic E-state index is 5.46. The van der Waals surface area contributed by atoms with Crippen LogP contribution in [0, 0.1) is 6.92 Å². The third-order valence-electron chi connectivity index (χ3n) is 2.45. The van der Waals surface area contributed by atoms with E-state index in [0.29, 0.717) is 13.2 Å². The molecule has 1 saturated heterocycles. The van der Waals surface area contributed by atoms with Crippen molar-refractivity contribution in [3.05, 3.63) is 27.7 Å². The molecule has 82 valence electrons. The van der Waals surface area contributed by atoms with Crippen molar-refractivity contribution in [1.82, 2.24) is 0 Å². The second-order valence-corrected chi connectivity index (χ2v) is 4.22. The third kappa shape index (κ3) is 2.02. The van der Waals surface area contributed by atoms with Crippen molar-refractivity contribution in [2.24, 2.45) is 0 Å². The Morgan fingerprint density at radius 3 is 2.60 bits per heavy atom. The van der Waals surface area contributed by atoms with Crippen molar-refractivity contribution in [3.8, 4) is 5.75 Å². The molecular formula is C11H13BrO3. The fourth-order valence-corrected chi connectivity index (χ4v) is 2.00. The zero-order chi connectivity index (χ0) is 10.8. The minimum absolute atomic E-state index is 0.285. The van der Waals surface area contributed by atoms with E-state index in [2.05, 4.69) is 15.9 Å². The number of methoxy groups -OCH3 is 1. The topological polar surface area (TPSA) is 27.7 Å². The number of hydrogen-bond donors (Lipinski definition) is 0. The van der Waals surface area contributed by atoms with Gasteiger partial charge in [0.2, 0.25) is 0 Å². The largest absolute Gasteiger partial charge is 0.496 e. The second kappa shape index (κ2) is 4.51. The molecule has 0 saturated carbocycles. The zero-order valence-electron chi connectivity index (χ0n) is 8.75. The molecule has 2 rings (SSSR count). The van der Waals surface area contributed by atoms with E-state index in [-0.39, 0.29) is 6.29 Å². The smallest absolute Gasteiger partial charge is 0.187 e. The Bertz CT molecular complexity index is 359. The molecule has 0 aliphatic carbocycles. The van der Waals surface area contributed by atoms with Gasteiger partial charge in [0.25, 0.3) is 0 Å². The Hall–Kier alpha value is -0.580. The van der Waals surface area contributed by atoms with Crippen LogP contribution in [-0.2, 0) is 9.47 Å². The van der Waals surface area contributed by atoms with Gasteiger partial charge in [0.15, 0.2) is 6.29 Å². The fourth-order valence-electron chi connectivity index (χ4n) is 1.68. The van der Waals surface area contributed by atoms with Crippen LogP contribution in [0.3, 0.4) is 0 Å². The van der Waals surface area contributed by atoms with Crippen LogP contribution in [0.25, 0.3) is 0 Å². The molecule has 1 aromatic rings. The van der Waals surface area contributed by atoms with Crippen LogP contribution in [0.5, 0.6) is 5.75 Å². The van der Waals surface area contributed by atoms with E-state index in [4.69, 9.17) is 14.2 Å². The molecule has 1 aliphatic rings. The molecule has 0 N–H and O–H groups in total. The lowest BCUT2D eigenvalue weighted by atomic mass is 10.1. The van der Waals surface area contributed by atoms with Crippen molar-refractivity contribution in [2.75, 3.05) is 20.3 Å². The molecule has 0 amide bonds. The van der Waals surface area contributed by atoms with Crippen LogP contribution in [-0.4, -0.2) is 20.3 Å². The van der Waals surface area contributed by atoms with E-state index < -0.39 is 0 Å². The quantitative estimate of drug-likeness (QED) is 0.829. The highest BCUT2D eigenvalue weighted by Gasteiger charge is 2.23. The highest BCUT2D eigenvalue weighted by atomic mass is 79.9. The van der Waals surface area contributed by atoms with Gasteiger partial charge in [-0.3, -0.25) is 0 Å². The maximum Gasteiger partial charge on any atom is 0.187 e. The SMILES string of the molecule is COc1c(C2OCCO2)ccc(Br)c1C. The van der Waals surface area contributed by atoms with Crippen molar-refractivity contribution < 1.29 is 14.2 Å². The van der Waals surface area contributed by atoms with Gasteiger partial charge < -0.3 is 14.2 Å². The van der Waals surface area contributed by atoms with Gasteiger partial charge in [0.1, 0.15) is 5.75 Å². The summed E-state index contributed by atoms with van der Waals surface area (Å²) in [7, 11) is 1.66. The van der Waals surface area contributed by atoms with Gasteiger partial charge in [-0.25, -0.2) is 0 Å². The third-order valence-corrected chi connectivity index (χ3v) is 3.31. The van der Waals surface area contributed by atoms with Gasteiger partial charge in [-0.1, -0.05) is 15.9 Å². The monoisotopic (exact) mass is 272 g/mol. The number of ether oxygens (including phenoxy) is 3. The summed E-state index contributed by atoms with van der Waals surface area (Å²) in [4.78, 5) is 0. The average molecular weight is 273 g/mol. The normalized spacial score (nSPS) is 17.0. The van der Waals surface area contributed by atoms with E-state index in [9.17, 15) is 0 Å². The van der Waals surface area contributed by atoms with Crippen molar-refractivity contribution in [3.63, 3.8) is 0 Å². The molecule has 0 radical (unpaired) electrons. The minimum Gasteiger partial charge on any atom is -0.496 e. The Morgan fingerprint density at radius 1 is 1.33 bits per heavy atom. The van der Waals surface area contributed by atoms with Gasteiger partial charge in [-0.15, -0.1) is 0 Å². The first-order chi connectivity index (χ1) is 7.24. The van der Waals surface area contributed by atoms with E-state index in [1.165, 1.54) is 0 Å². The summed E-state index contributed by atoms with van der Waals surface area (Å²) in [6.07, 6.45) is -0.285. The van der Waals surface area contributed by atoms with Gasteiger partial charge in [-0.2, -0.15) is 0 Å². The first kappa shape index (κ1) is 10.9. The number of halogens is 1. The molecule has 0 atom stereocenters. The molecule has 15 heavy (non-hydrogen) atoms. The molecule has 0 spiro atoms. The van der Waals surface area contributed by atoms with Crippen LogP contribution in [0.1, 0.15) is 17.4 Å². The predicted octanol–water partition coefficient (Wildman–Crippen LogP) is 2.81. The molecular weight excluding hydrogens is 260 g/mol. The summed E-state index contributed by atoms with van der Waals surface area (Å²) < 4.78 is 17.3. The number of rotatable bonds is 2. The van der Waals surface area contributed by atoms with Crippen molar-refractivity contribution >= 4 is 15.9 Å². The van der Waals surface area contributed by atoms with Crippen LogP contribution in [0.2, 0.25) is 0 Å². The lowest BCUT2D eigenvalue weighted by Crippen LogP contribution is -2.03. The van der Waals surface area contributed by atoms with E-state index in [1.807, 2.05) is 19.1 Å². The standard InChI is InChI=1S/C11H13BrO3/c1-7-9(12)4-3-8(10(7)13-2)11-14-5-6-15-11/h3-4,11H,5-6H2,1-2H3. The summed E-state index contributed by atoms with van der Waals surface area (Å²) in [6.45, 7) is 3.28. The molecule has 0 bridgehead atoms. The first-order valence-electron chi connectivity index (χ1n) is 4.80. The molecule has 4 heteroatoms. The van der Waals surface area contributed by atoms with Gasteiger partial charge in [0, 0.05) is 10.0 Å². The molecule has 1 aromatic carbocycles. The van der Waals surface area contributed by atoms with Gasteiger partial charge in [-0.05, 0) is 19.1 Å². The minimum atomic E-state index is -0.285. The van der Waals surface area contributed by atoms with E-state index in [0.717, 1.165) is 21.3 Å². The maximum absolute atomic E-state index is 5.46. The van der Waals surface area contributed by atoms with Crippen LogP contribution in [0.4, 0.5) is 0 Å². The molecule has 1 aliphatic heterocycles. The van der Waals surface area contributed by atoms with Crippen molar-refractivity contribution in [2.45, 2.75) is 13.2 Å². The fraction of sp³-hybridized carbons (Fsp3) is 0.455. The predicted molar refractivity (Wildman–Crippen MR) is 60.1 cm³/mol. The first-order valence-corrected chi connectivity index (χ1v) is 5.59. The molecule has 1 fully saturated rings. The molecule has 0 unspecified atom stereocenters. The summed E-state index contributed by atoms with van der Waals surface area (Å²) >= 11 is 3.47. The summed E-state index contributed by atoms with van der Waals surface area (Å²) in [5.41, 5.74) is 2.02. The lowest BCUT2D eigenvalue weighted by molar-refractivity contribution is -0.0455. The summed E-state index contributed by atoms with van der Waals surface area (Å²) in [5.74, 6) is 0.830. The van der Waals surface area contributed by atoms with Crippen LogP contribution in [0.15, 0.2) is 16.6 Å². The van der Waals surface area contributed by atoms with Crippen LogP contribution < -0.4 is 4.74 Å². The lowest BCUT2D eigenvalue weighted by Gasteiger charge is -2.16. The molecule has 1 heterocycles. The molecule has 0 aromatic heterocycles. The second-order valence-electron chi connectivity index (χ2n) is 3.37. The Labute approximate surface area is 97.5 Å². The highest BCUT2D eigenvalue weighted by Crippen LogP contribution is 2.36. The number of benzene rings is 1. The van der Waals surface area contributed by atoms with Gasteiger partial charge in [0.05, 0.1) is 25.9 Å². The number of hydrogen-bond acceptors (Lipinski definition) is 3. The Balaban J connectivity index is 2.41. The molecule has 3 nitrogen and oxygen atoms in total. The Morgan fingerprint density at radius 2 is 2.00 bits per heavy atom. The van der Waals surface area contributed by atoms with Crippen molar-refractivity contribution in [1.29, 1.82) is 0 Å². The zero-order valence-corrected chi connectivity index (χ0v) is 10.3.